The third-order valence-corrected chi connectivity index (χ3v) is 4.73. The van der Waals surface area contributed by atoms with Gasteiger partial charge in [0.05, 0.1) is 11.2 Å². The SMILES string of the molecule is Cc1c(C=O)cc(CS)cc1B1OC(C)(C)C(C)(C)O1. The van der Waals surface area contributed by atoms with Crippen molar-refractivity contribution in [2.45, 2.75) is 51.6 Å². The molecular formula is C15H21BO3S. The standard InChI is InChI=1S/C15H21BO3S/c1-10-12(8-17)6-11(9-20)7-13(10)16-18-14(2,3)15(4,5)19-16/h6-8,20H,9H2,1-5H3. The molecule has 108 valence electrons. The third kappa shape index (κ3) is 2.54. The van der Waals surface area contributed by atoms with Gasteiger partial charge in [-0.3, -0.25) is 4.79 Å². The Morgan fingerprint density at radius 2 is 1.75 bits per heavy atom. The quantitative estimate of drug-likeness (QED) is 0.528. The van der Waals surface area contributed by atoms with Gasteiger partial charge in [-0.25, -0.2) is 0 Å². The summed E-state index contributed by atoms with van der Waals surface area (Å²) in [6.45, 7) is 10.0. The van der Waals surface area contributed by atoms with Crippen molar-refractivity contribution in [1.29, 1.82) is 0 Å². The lowest BCUT2D eigenvalue weighted by Gasteiger charge is -2.32. The number of benzene rings is 1. The summed E-state index contributed by atoms with van der Waals surface area (Å²) in [6.07, 6.45) is 0.872. The summed E-state index contributed by atoms with van der Waals surface area (Å²) in [5, 5.41) is 0. The van der Waals surface area contributed by atoms with E-state index >= 15 is 0 Å². The van der Waals surface area contributed by atoms with Crippen LogP contribution in [0, 0.1) is 6.92 Å². The second kappa shape index (κ2) is 5.21. The molecule has 1 aliphatic rings. The van der Waals surface area contributed by atoms with Crippen LogP contribution in [0.4, 0.5) is 0 Å². The van der Waals surface area contributed by atoms with Crippen LogP contribution in [-0.2, 0) is 15.1 Å². The average molecular weight is 292 g/mol. The summed E-state index contributed by atoms with van der Waals surface area (Å²) in [6, 6.07) is 3.88. The maximum absolute atomic E-state index is 11.2. The zero-order chi connectivity index (χ0) is 15.1. The summed E-state index contributed by atoms with van der Waals surface area (Å²) in [7, 11) is -0.446. The number of rotatable bonds is 3. The van der Waals surface area contributed by atoms with Gasteiger partial charge in [0.2, 0.25) is 0 Å². The van der Waals surface area contributed by atoms with E-state index in [9.17, 15) is 4.79 Å². The van der Waals surface area contributed by atoms with E-state index in [0.29, 0.717) is 11.3 Å². The first-order chi connectivity index (χ1) is 9.21. The second-order valence-corrected chi connectivity index (χ2v) is 6.58. The molecule has 0 spiro atoms. The van der Waals surface area contributed by atoms with Gasteiger partial charge in [0, 0.05) is 11.3 Å². The Balaban J connectivity index is 2.47. The monoisotopic (exact) mass is 292 g/mol. The Bertz CT molecular complexity index is 524. The predicted molar refractivity (Wildman–Crippen MR) is 85.0 cm³/mol. The highest BCUT2D eigenvalue weighted by atomic mass is 32.1. The van der Waals surface area contributed by atoms with Gasteiger partial charge >= 0.3 is 7.12 Å². The maximum Gasteiger partial charge on any atom is 0.495 e. The first kappa shape index (κ1) is 15.6. The number of carbonyl (C=O) groups is 1. The van der Waals surface area contributed by atoms with Gasteiger partial charge < -0.3 is 9.31 Å². The van der Waals surface area contributed by atoms with Gasteiger partial charge in [-0.2, -0.15) is 12.6 Å². The Kier molecular flexibility index (Phi) is 4.06. The molecule has 1 aromatic rings. The molecule has 0 aromatic heterocycles. The average Bonchev–Trinajstić information content (AvgIpc) is 2.58. The van der Waals surface area contributed by atoms with E-state index in [1.54, 1.807) is 0 Å². The largest absolute Gasteiger partial charge is 0.495 e. The smallest absolute Gasteiger partial charge is 0.399 e. The Hall–Kier alpha value is -0.775. The molecule has 3 nitrogen and oxygen atoms in total. The van der Waals surface area contributed by atoms with E-state index in [1.165, 1.54) is 0 Å². The minimum absolute atomic E-state index is 0.386. The van der Waals surface area contributed by atoms with E-state index in [2.05, 4.69) is 12.6 Å². The van der Waals surface area contributed by atoms with E-state index in [-0.39, 0.29) is 11.2 Å². The van der Waals surface area contributed by atoms with Crippen LogP contribution < -0.4 is 5.46 Å². The van der Waals surface area contributed by atoms with Crippen LogP contribution in [0.25, 0.3) is 0 Å². The number of aldehydes is 1. The van der Waals surface area contributed by atoms with Crippen LogP contribution >= 0.6 is 12.6 Å². The van der Waals surface area contributed by atoms with Crippen molar-refractivity contribution in [2.75, 3.05) is 0 Å². The van der Waals surface area contributed by atoms with Gasteiger partial charge in [-0.1, -0.05) is 6.07 Å². The molecule has 2 rings (SSSR count). The van der Waals surface area contributed by atoms with Gasteiger partial charge in [-0.15, -0.1) is 0 Å². The Morgan fingerprint density at radius 1 is 1.20 bits per heavy atom. The first-order valence-electron chi connectivity index (χ1n) is 6.77. The molecule has 0 amide bonds. The molecule has 1 aliphatic heterocycles. The highest BCUT2D eigenvalue weighted by Gasteiger charge is 2.52. The van der Waals surface area contributed by atoms with Gasteiger partial charge in [0.15, 0.2) is 0 Å². The van der Waals surface area contributed by atoms with Crippen molar-refractivity contribution >= 4 is 31.5 Å². The molecule has 1 fully saturated rings. The van der Waals surface area contributed by atoms with Crippen molar-refractivity contribution in [3.05, 3.63) is 28.8 Å². The van der Waals surface area contributed by atoms with E-state index in [0.717, 1.165) is 22.9 Å². The molecule has 0 aliphatic carbocycles. The molecule has 0 unspecified atom stereocenters. The lowest BCUT2D eigenvalue weighted by atomic mass is 9.74. The highest BCUT2D eigenvalue weighted by molar-refractivity contribution is 7.79. The van der Waals surface area contributed by atoms with Crippen LogP contribution in [0.15, 0.2) is 12.1 Å². The van der Waals surface area contributed by atoms with E-state index in [1.807, 2.05) is 46.8 Å². The van der Waals surface area contributed by atoms with Crippen LogP contribution in [0.2, 0.25) is 0 Å². The molecule has 1 heterocycles. The molecule has 20 heavy (non-hydrogen) atoms. The third-order valence-electron chi connectivity index (χ3n) is 4.36. The molecule has 1 aromatic carbocycles. The summed E-state index contributed by atoms with van der Waals surface area (Å²) in [5.74, 6) is 0.577. The van der Waals surface area contributed by atoms with Crippen LogP contribution in [0.5, 0.6) is 0 Å². The zero-order valence-electron chi connectivity index (χ0n) is 12.7. The van der Waals surface area contributed by atoms with Crippen molar-refractivity contribution in [3.63, 3.8) is 0 Å². The normalized spacial score (nSPS) is 20.2. The van der Waals surface area contributed by atoms with Gasteiger partial charge in [0.1, 0.15) is 6.29 Å². The summed E-state index contributed by atoms with van der Waals surface area (Å²) >= 11 is 4.29. The molecular weight excluding hydrogens is 271 g/mol. The summed E-state index contributed by atoms with van der Waals surface area (Å²) in [4.78, 5) is 11.2. The summed E-state index contributed by atoms with van der Waals surface area (Å²) < 4.78 is 12.1. The number of hydrogen-bond donors (Lipinski definition) is 1. The lowest BCUT2D eigenvalue weighted by Crippen LogP contribution is -2.41. The van der Waals surface area contributed by atoms with Crippen LogP contribution in [-0.4, -0.2) is 24.6 Å². The lowest BCUT2D eigenvalue weighted by molar-refractivity contribution is 0.00578. The predicted octanol–water partition coefficient (Wildman–Crippen LogP) is 2.54. The van der Waals surface area contributed by atoms with Gasteiger partial charge in [0.25, 0.3) is 0 Å². The molecule has 0 N–H and O–H groups in total. The van der Waals surface area contributed by atoms with Crippen LogP contribution in [0.3, 0.4) is 0 Å². The highest BCUT2D eigenvalue weighted by Crippen LogP contribution is 2.36. The van der Waals surface area contributed by atoms with E-state index < -0.39 is 7.12 Å². The molecule has 0 radical (unpaired) electrons. The Morgan fingerprint density at radius 3 is 2.20 bits per heavy atom. The second-order valence-electron chi connectivity index (χ2n) is 6.26. The maximum atomic E-state index is 11.2. The minimum Gasteiger partial charge on any atom is -0.399 e. The number of carbonyl (C=O) groups excluding carboxylic acids is 1. The molecule has 5 heteroatoms. The fourth-order valence-electron chi connectivity index (χ4n) is 2.25. The molecule has 0 bridgehead atoms. The molecule has 0 saturated carbocycles. The summed E-state index contributed by atoms with van der Waals surface area (Å²) in [5.41, 5.74) is 2.71. The fourth-order valence-corrected chi connectivity index (χ4v) is 2.44. The van der Waals surface area contributed by atoms with Crippen molar-refractivity contribution < 1.29 is 14.1 Å². The zero-order valence-corrected chi connectivity index (χ0v) is 13.6. The topological polar surface area (TPSA) is 35.5 Å². The van der Waals surface area contributed by atoms with Crippen molar-refractivity contribution in [2.24, 2.45) is 0 Å². The first-order valence-corrected chi connectivity index (χ1v) is 7.40. The fraction of sp³-hybridized carbons (Fsp3) is 0.533. The number of thiol groups is 1. The van der Waals surface area contributed by atoms with Crippen molar-refractivity contribution in [3.8, 4) is 0 Å². The number of hydrogen-bond acceptors (Lipinski definition) is 4. The Labute approximate surface area is 126 Å². The van der Waals surface area contributed by atoms with Crippen LogP contribution in [0.1, 0.15) is 49.2 Å². The molecule has 0 atom stereocenters. The van der Waals surface area contributed by atoms with Crippen molar-refractivity contribution in [1.82, 2.24) is 0 Å². The van der Waals surface area contributed by atoms with E-state index in [4.69, 9.17) is 9.31 Å². The van der Waals surface area contributed by atoms with Gasteiger partial charge in [-0.05, 0) is 57.3 Å². The minimum atomic E-state index is -0.446. The molecule has 1 saturated heterocycles.